The molecule has 10 nitrogen and oxygen atoms in total. The number of carbonyl (C=O) groups excluding carboxylic acids is 1. The molecular formula is C26H22N6O4. The Morgan fingerprint density at radius 3 is 2.31 bits per heavy atom. The van der Waals surface area contributed by atoms with E-state index in [2.05, 4.69) is 31.1 Å². The maximum Gasteiger partial charge on any atom is 0.277 e. The molecule has 0 aliphatic carbocycles. The Labute approximate surface area is 206 Å². The number of rotatable bonds is 8. The van der Waals surface area contributed by atoms with E-state index in [-0.39, 0.29) is 5.69 Å². The molecule has 5 rings (SSSR count). The van der Waals surface area contributed by atoms with E-state index >= 15 is 0 Å². The van der Waals surface area contributed by atoms with Crippen LogP contribution in [0.5, 0.6) is 5.75 Å². The molecule has 5 aromatic rings. The van der Waals surface area contributed by atoms with E-state index in [0.717, 1.165) is 22.8 Å². The highest BCUT2D eigenvalue weighted by Crippen LogP contribution is 2.23. The van der Waals surface area contributed by atoms with E-state index in [1.165, 1.54) is 12.3 Å². The molecule has 0 bridgehead atoms. The average Bonchev–Trinajstić information content (AvgIpc) is 3.58. The van der Waals surface area contributed by atoms with Crippen molar-refractivity contribution in [2.45, 2.75) is 6.92 Å². The lowest BCUT2D eigenvalue weighted by Crippen LogP contribution is -2.12. The predicted molar refractivity (Wildman–Crippen MR) is 135 cm³/mol. The van der Waals surface area contributed by atoms with Gasteiger partial charge in [0.2, 0.25) is 11.7 Å². The Balaban J connectivity index is 1.22. The zero-order valence-electron chi connectivity index (χ0n) is 19.5. The van der Waals surface area contributed by atoms with Gasteiger partial charge in [0, 0.05) is 34.9 Å². The van der Waals surface area contributed by atoms with E-state index < -0.39 is 5.91 Å². The minimum absolute atomic E-state index is 0.147. The average molecular weight is 483 g/mol. The molecule has 0 saturated carbocycles. The molecule has 0 atom stereocenters. The van der Waals surface area contributed by atoms with E-state index in [9.17, 15) is 4.79 Å². The number of hydrogen-bond acceptors (Lipinski definition) is 9. The third kappa shape index (κ3) is 5.33. The van der Waals surface area contributed by atoms with E-state index in [0.29, 0.717) is 29.0 Å². The van der Waals surface area contributed by atoms with Crippen molar-refractivity contribution in [3.8, 4) is 17.3 Å². The van der Waals surface area contributed by atoms with Crippen LogP contribution >= 0.6 is 0 Å². The molecule has 0 saturated heterocycles. The monoisotopic (exact) mass is 482 g/mol. The number of amides is 1. The fourth-order valence-corrected chi connectivity index (χ4v) is 3.39. The second-order valence-electron chi connectivity index (χ2n) is 7.78. The summed E-state index contributed by atoms with van der Waals surface area (Å²) in [5, 5.41) is 13.1. The SMILES string of the molecule is COc1ccc(Nc2cc(C)nc(Nc3ccc(NC(=O)c4cc(-c5ccco5)on4)cc3)n2)cc1. The van der Waals surface area contributed by atoms with Gasteiger partial charge >= 0.3 is 0 Å². The van der Waals surface area contributed by atoms with Gasteiger partial charge in [0.1, 0.15) is 11.6 Å². The third-order valence-electron chi connectivity index (χ3n) is 5.12. The molecule has 1 amide bonds. The Morgan fingerprint density at radius 2 is 1.58 bits per heavy atom. The second-order valence-corrected chi connectivity index (χ2v) is 7.78. The molecule has 0 aliphatic rings. The molecule has 3 aromatic heterocycles. The van der Waals surface area contributed by atoms with Gasteiger partial charge in [0.15, 0.2) is 11.5 Å². The first-order valence-corrected chi connectivity index (χ1v) is 11.0. The van der Waals surface area contributed by atoms with E-state index in [4.69, 9.17) is 13.7 Å². The Morgan fingerprint density at radius 1 is 0.861 bits per heavy atom. The van der Waals surface area contributed by atoms with Crippen molar-refractivity contribution >= 4 is 34.7 Å². The van der Waals surface area contributed by atoms with Crippen molar-refractivity contribution in [2.24, 2.45) is 0 Å². The zero-order valence-corrected chi connectivity index (χ0v) is 19.5. The number of hydrogen-bond donors (Lipinski definition) is 3. The summed E-state index contributed by atoms with van der Waals surface area (Å²) in [4.78, 5) is 21.5. The van der Waals surface area contributed by atoms with Gasteiger partial charge in [-0.2, -0.15) is 4.98 Å². The minimum atomic E-state index is -0.395. The number of anilines is 5. The zero-order chi connectivity index (χ0) is 24.9. The topological polar surface area (TPSA) is 127 Å². The minimum Gasteiger partial charge on any atom is -0.497 e. The summed E-state index contributed by atoms with van der Waals surface area (Å²) in [6, 6.07) is 21.6. The highest BCUT2D eigenvalue weighted by molar-refractivity contribution is 6.03. The van der Waals surface area contributed by atoms with Crippen LogP contribution in [0.2, 0.25) is 0 Å². The molecule has 36 heavy (non-hydrogen) atoms. The number of methoxy groups -OCH3 is 1. The Kier molecular flexibility index (Phi) is 6.31. The van der Waals surface area contributed by atoms with Crippen LogP contribution in [0.15, 0.2) is 88.0 Å². The van der Waals surface area contributed by atoms with Crippen molar-refractivity contribution in [3.05, 3.63) is 90.4 Å². The number of ether oxygens (including phenoxy) is 1. The van der Waals surface area contributed by atoms with Crippen LogP contribution in [0.4, 0.5) is 28.8 Å². The lowest BCUT2D eigenvalue weighted by atomic mass is 10.2. The van der Waals surface area contributed by atoms with Gasteiger partial charge < -0.3 is 29.6 Å². The van der Waals surface area contributed by atoms with Crippen LogP contribution < -0.4 is 20.7 Å². The summed E-state index contributed by atoms with van der Waals surface area (Å²) in [5.74, 6) is 2.35. The van der Waals surface area contributed by atoms with Crippen LogP contribution in [-0.4, -0.2) is 28.1 Å². The van der Waals surface area contributed by atoms with E-state index in [1.807, 2.05) is 49.4 Å². The van der Waals surface area contributed by atoms with Crippen molar-refractivity contribution in [1.82, 2.24) is 15.1 Å². The standard InChI is InChI=1S/C26H22N6O4/c1-16-14-24(28-17-9-11-20(34-2)12-10-17)31-26(27-16)30-19-7-5-18(6-8-19)29-25(33)21-15-23(36-32-21)22-4-3-13-35-22/h3-15H,1-2H3,(H,29,33)(H2,27,28,30,31). The summed E-state index contributed by atoms with van der Waals surface area (Å²) in [7, 11) is 1.63. The Bertz CT molecular complexity index is 1460. The number of nitrogens with zero attached hydrogens (tertiary/aromatic N) is 3. The molecule has 0 aliphatic heterocycles. The van der Waals surface area contributed by atoms with Crippen LogP contribution in [0, 0.1) is 6.92 Å². The first-order valence-electron chi connectivity index (χ1n) is 11.0. The number of aromatic nitrogens is 3. The maximum atomic E-state index is 12.5. The van der Waals surface area contributed by atoms with Crippen molar-refractivity contribution in [3.63, 3.8) is 0 Å². The Hall–Kier alpha value is -5.12. The number of carbonyl (C=O) groups is 1. The molecule has 180 valence electrons. The molecule has 10 heteroatoms. The first-order chi connectivity index (χ1) is 17.6. The molecule has 2 aromatic carbocycles. The highest BCUT2D eigenvalue weighted by atomic mass is 16.5. The number of aryl methyl sites for hydroxylation is 1. The second kappa shape index (κ2) is 10.0. The smallest absolute Gasteiger partial charge is 0.277 e. The van der Waals surface area contributed by atoms with Gasteiger partial charge in [-0.15, -0.1) is 0 Å². The van der Waals surface area contributed by atoms with Crippen molar-refractivity contribution < 1.29 is 18.5 Å². The quantitative estimate of drug-likeness (QED) is 0.252. The summed E-state index contributed by atoms with van der Waals surface area (Å²) in [5.41, 5.74) is 3.18. The van der Waals surface area contributed by atoms with Gasteiger partial charge in [-0.05, 0) is 67.6 Å². The summed E-state index contributed by atoms with van der Waals surface area (Å²) < 4.78 is 15.6. The molecule has 0 spiro atoms. The van der Waals surface area contributed by atoms with Crippen LogP contribution in [-0.2, 0) is 0 Å². The van der Waals surface area contributed by atoms with Crippen molar-refractivity contribution in [1.29, 1.82) is 0 Å². The van der Waals surface area contributed by atoms with Gasteiger partial charge in [0.05, 0.1) is 13.4 Å². The summed E-state index contributed by atoms with van der Waals surface area (Å²) in [6.45, 7) is 1.89. The lowest BCUT2D eigenvalue weighted by Gasteiger charge is -2.11. The highest BCUT2D eigenvalue weighted by Gasteiger charge is 2.15. The van der Waals surface area contributed by atoms with Gasteiger partial charge in [-0.3, -0.25) is 4.79 Å². The maximum absolute atomic E-state index is 12.5. The van der Waals surface area contributed by atoms with Crippen LogP contribution in [0.3, 0.4) is 0 Å². The fourth-order valence-electron chi connectivity index (χ4n) is 3.39. The van der Waals surface area contributed by atoms with Crippen LogP contribution in [0.1, 0.15) is 16.2 Å². The van der Waals surface area contributed by atoms with Gasteiger partial charge in [-0.1, -0.05) is 5.16 Å². The molecule has 0 unspecified atom stereocenters. The van der Waals surface area contributed by atoms with Gasteiger partial charge in [0.25, 0.3) is 5.91 Å². The van der Waals surface area contributed by atoms with Crippen LogP contribution in [0.25, 0.3) is 11.5 Å². The van der Waals surface area contributed by atoms with Gasteiger partial charge in [-0.25, -0.2) is 4.98 Å². The molecular weight excluding hydrogens is 460 g/mol. The van der Waals surface area contributed by atoms with Crippen molar-refractivity contribution in [2.75, 3.05) is 23.1 Å². The van der Waals surface area contributed by atoms with E-state index in [1.54, 1.807) is 31.4 Å². The number of benzene rings is 2. The summed E-state index contributed by atoms with van der Waals surface area (Å²) in [6.07, 6.45) is 1.52. The first kappa shape index (κ1) is 22.7. The lowest BCUT2D eigenvalue weighted by molar-refractivity contribution is 0.101. The molecule has 0 fully saturated rings. The largest absolute Gasteiger partial charge is 0.497 e. The third-order valence-corrected chi connectivity index (χ3v) is 5.12. The molecule has 0 radical (unpaired) electrons. The number of furan rings is 1. The molecule has 3 heterocycles. The molecule has 3 N–H and O–H groups in total. The number of nitrogens with one attached hydrogen (secondary N) is 3. The predicted octanol–water partition coefficient (Wildman–Crippen LogP) is 5.78. The fraction of sp³-hybridized carbons (Fsp3) is 0.0769. The normalized spacial score (nSPS) is 10.6. The summed E-state index contributed by atoms with van der Waals surface area (Å²) >= 11 is 0.